The van der Waals surface area contributed by atoms with Gasteiger partial charge in [0, 0.05) is 12.0 Å². The zero-order valence-corrected chi connectivity index (χ0v) is 14.3. The third kappa shape index (κ3) is 5.46. The van der Waals surface area contributed by atoms with Gasteiger partial charge < -0.3 is 14.6 Å². The first-order valence-electron chi connectivity index (χ1n) is 8.22. The van der Waals surface area contributed by atoms with Gasteiger partial charge in [-0.1, -0.05) is 44.2 Å². The Balaban J connectivity index is 2.10. The van der Waals surface area contributed by atoms with Crippen molar-refractivity contribution in [1.82, 2.24) is 5.32 Å². The van der Waals surface area contributed by atoms with E-state index in [1.807, 2.05) is 44.2 Å². The summed E-state index contributed by atoms with van der Waals surface area (Å²) in [5.41, 5.74) is 0.900. The van der Waals surface area contributed by atoms with Crippen molar-refractivity contribution in [2.75, 3.05) is 0 Å². The standard InChI is InChI=1S/C19H23NO5/c1-12(2)10-15(18(21)22)20-16(19(23)24)11-14-8-9-17(25-14)13-6-4-3-5-7-13/h3-9,12,15-16,20H,10-11H2,1-2H3,(H,21,22)(H,23,24). The smallest absolute Gasteiger partial charge is 0.321 e. The van der Waals surface area contributed by atoms with Gasteiger partial charge in [-0.25, -0.2) is 0 Å². The van der Waals surface area contributed by atoms with Gasteiger partial charge in [-0.2, -0.15) is 0 Å². The molecule has 0 radical (unpaired) electrons. The van der Waals surface area contributed by atoms with E-state index in [4.69, 9.17) is 4.42 Å². The van der Waals surface area contributed by atoms with E-state index in [0.717, 1.165) is 5.56 Å². The predicted octanol–water partition coefficient (Wildman–Crippen LogP) is 3.03. The van der Waals surface area contributed by atoms with Crippen LogP contribution in [-0.2, 0) is 16.0 Å². The first-order valence-corrected chi connectivity index (χ1v) is 8.22. The molecule has 2 rings (SSSR count). The largest absolute Gasteiger partial charge is 0.480 e. The second kappa shape index (κ2) is 8.48. The molecule has 1 heterocycles. The quantitative estimate of drug-likeness (QED) is 0.646. The maximum atomic E-state index is 11.5. The molecule has 6 nitrogen and oxygen atoms in total. The molecule has 0 fully saturated rings. The summed E-state index contributed by atoms with van der Waals surface area (Å²) in [6.45, 7) is 3.79. The second-order valence-electron chi connectivity index (χ2n) is 6.41. The summed E-state index contributed by atoms with van der Waals surface area (Å²) in [5, 5.41) is 21.4. The molecule has 6 heteroatoms. The second-order valence-corrected chi connectivity index (χ2v) is 6.41. The minimum Gasteiger partial charge on any atom is -0.480 e. The average Bonchev–Trinajstić information content (AvgIpc) is 3.02. The number of hydrogen-bond donors (Lipinski definition) is 3. The number of furan rings is 1. The fourth-order valence-electron chi connectivity index (χ4n) is 2.62. The van der Waals surface area contributed by atoms with Gasteiger partial charge >= 0.3 is 11.9 Å². The lowest BCUT2D eigenvalue weighted by Crippen LogP contribution is -2.48. The summed E-state index contributed by atoms with van der Waals surface area (Å²) in [6.07, 6.45) is 0.427. The van der Waals surface area contributed by atoms with Crippen LogP contribution in [0.5, 0.6) is 0 Å². The summed E-state index contributed by atoms with van der Waals surface area (Å²) < 4.78 is 5.72. The van der Waals surface area contributed by atoms with Crippen molar-refractivity contribution in [3.05, 3.63) is 48.2 Å². The Bertz CT molecular complexity index is 708. The van der Waals surface area contributed by atoms with Gasteiger partial charge in [0.2, 0.25) is 0 Å². The minimum absolute atomic E-state index is 0.0735. The van der Waals surface area contributed by atoms with Crippen molar-refractivity contribution in [2.45, 2.75) is 38.8 Å². The summed E-state index contributed by atoms with van der Waals surface area (Å²) in [7, 11) is 0. The molecule has 2 unspecified atom stereocenters. The number of aliphatic carboxylic acids is 2. The summed E-state index contributed by atoms with van der Waals surface area (Å²) >= 11 is 0. The van der Waals surface area contributed by atoms with Crippen molar-refractivity contribution in [3.63, 3.8) is 0 Å². The molecule has 0 aliphatic carbocycles. The van der Waals surface area contributed by atoms with Gasteiger partial charge in [0.1, 0.15) is 23.6 Å². The number of benzene rings is 1. The number of rotatable bonds is 9. The van der Waals surface area contributed by atoms with Gasteiger partial charge in [-0.15, -0.1) is 0 Å². The van der Waals surface area contributed by atoms with Crippen molar-refractivity contribution in [2.24, 2.45) is 5.92 Å². The van der Waals surface area contributed by atoms with Crippen molar-refractivity contribution in [1.29, 1.82) is 0 Å². The highest BCUT2D eigenvalue weighted by molar-refractivity contribution is 5.77. The van der Waals surface area contributed by atoms with Gasteiger partial charge in [-0.05, 0) is 24.5 Å². The molecule has 1 aromatic carbocycles. The van der Waals surface area contributed by atoms with Crippen LogP contribution >= 0.6 is 0 Å². The number of carboxylic acids is 2. The lowest BCUT2D eigenvalue weighted by Gasteiger charge is -2.21. The fraction of sp³-hybridized carbons (Fsp3) is 0.368. The van der Waals surface area contributed by atoms with E-state index in [1.165, 1.54) is 0 Å². The van der Waals surface area contributed by atoms with Crippen molar-refractivity contribution in [3.8, 4) is 11.3 Å². The lowest BCUT2D eigenvalue weighted by atomic mass is 10.0. The van der Waals surface area contributed by atoms with E-state index < -0.39 is 24.0 Å². The first kappa shape index (κ1) is 18.7. The van der Waals surface area contributed by atoms with Crippen molar-refractivity contribution >= 4 is 11.9 Å². The first-order chi connectivity index (χ1) is 11.9. The summed E-state index contributed by atoms with van der Waals surface area (Å²) in [5.74, 6) is -0.877. The van der Waals surface area contributed by atoms with Crippen LogP contribution < -0.4 is 5.32 Å². The lowest BCUT2D eigenvalue weighted by molar-refractivity contribution is -0.143. The highest BCUT2D eigenvalue weighted by atomic mass is 16.4. The number of carboxylic acid groups (broad SMARTS) is 2. The normalized spacial score (nSPS) is 13.6. The molecule has 3 N–H and O–H groups in total. The van der Waals surface area contributed by atoms with E-state index in [-0.39, 0.29) is 12.3 Å². The zero-order valence-electron chi connectivity index (χ0n) is 14.3. The predicted molar refractivity (Wildman–Crippen MR) is 93.3 cm³/mol. The van der Waals surface area contributed by atoms with Gasteiger partial charge in [0.15, 0.2) is 0 Å². The molecule has 0 aliphatic heterocycles. The molecule has 0 saturated heterocycles. The highest BCUT2D eigenvalue weighted by Gasteiger charge is 2.27. The third-order valence-corrected chi connectivity index (χ3v) is 3.83. The Morgan fingerprint density at radius 3 is 2.20 bits per heavy atom. The fourth-order valence-corrected chi connectivity index (χ4v) is 2.62. The molecule has 0 spiro atoms. The van der Waals surface area contributed by atoms with Crippen LogP contribution in [0.4, 0.5) is 0 Å². The SMILES string of the molecule is CC(C)CC(NC(Cc1ccc(-c2ccccc2)o1)C(=O)O)C(=O)O. The van der Waals surface area contributed by atoms with Gasteiger partial charge in [0.05, 0.1) is 0 Å². The molecule has 1 aromatic heterocycles. The molecule has 0 saturated carbocycles. The zero-order chi connectivity index (χ0) is 18.4. The van der Waals surface area contributed by atoms with E-state index in [9.17, 15) is 19.8 Å². The van der Waals surface area contributed by atoms with E-state index in [0.29, 0.717) is 17.9 Å². The van der Waals surface area contributed by atoms with Crippen LogP contribution in [-0.4, -0.2) is 34.2 Å². The summed E-state index contributed by atoms with van der Waals surface area (Å²) in [6, 6.07) is 11.0. The Morgan fingerprint density at radius 2 is 1.64 bits per heavy atom. The molecule has 25 heavy (non-hydrogen) atoms. The van der Waals surface area contributed by atoms with Crippen LogP contribution in [0.15, 0.2) is 46.9 Å². The number of carbonyl (C=O) groups is 2. The summed E-state index contributed by atoms with van der Waals surface area (Å²) in [4.78, 5) is 22.9. The maximum absolute atomic E-state index is 11.5. The van der Waals surface area contributed by atoms with Gasteiger partial charge in [-0.3, -0.25) is 14.9 Å². The molecular formula is C19H23NO5. The van der Waals surface area contributed by atoms with E-state index in [2.05, 4.69) is 5.32 Å². The van der Waals surface area contributed by atoms with Crippen LogP contribution in [0.3, 0.4) is 0 Å². The maximum Gasteiger partial charge on any atom is 0.321 e. The van der Waals surface area contributed by atoms with Crippen LogP contribution in [0.25, 0.3) is 11.3 Å². The molecule has 0 bridgehead atoms. The van der Waals surface area contributed by atoms with Gasteiger partial charge in [0.25, 0.3) is 0 Å². The Morgan fingerprint density at radius 1 is 1.00 bits per heavy atom. The van der Waals surface area contributed by atoms with Crippen LogP contribution in [0, 0.1) is 5.92 Å². The average molecular weight is 345 g/mol. The minimum atomic E-state index is -1.10. The van der Waals surface area contributed by atoms with Crippen LogP contribution in [0.1, 0.15) is 26.0 Å². The number of nitrogens with one attached hydrogen (secondary N) is 1. The van der Waals surface area contributed by atoms with E-state index >= 15 is 0 Å². The highest BCUT2D eigenvalue weighted by Crippen LogP contribution is 2.22. The van der Waals surface area contributed by atoms with Crippen LogP contribution in [0.2, 0.25) is 0 Å². The topological polar surface area (TPSA) is 99.8 Å². The molecule has 0 amide bonds. The van der Waals surface area contributed by atoms with Crippen molar-refractivity contribution < 1.29 is 24.2 Å². The molecule has 0 aliphatic rings. The molecular weight excluding hydrogens is 322 g/mol. The Labute approximate surface area is 146 Å². The Hall–Kier alpha value is -2.60. The van der Waals surface area contributed by atoms with E-state index in [1.54, 1.807) is 12.1 Å². The molecule has 134 valence electrons. The molecule has 2 aromatic rings. The third-order valence-electron chi connectivity index (χ3n) is 3.83. The number of hydrogen-bond acceptors (Lipinski definition) is 4. The molecule has 2 atom stereocenters. The Kier molecular flexibility index (Phi) is 6.36. The monoisotopic (exact) mass is 345 g/mol.